The summed E-state index contributed by atoms with van der Waals surface area (Å²) in [6.45, 7) is -0.655. The zero-order valence-corrected chi connectivity index (χ0v) is 39.7. The number of halogens is 6. The van der Waals surface area contributed by atoms with Gasteiger partial charge >= 0.3 is 12.4 Å². The van der Waals surface area contributed by atoms with Crippen LogP contribution < -0.4 is 88.0 Å². The Morgan fingerprint density at radius 2 is 1.04 bits per heavy atom. The number of aliphatic hydroxyl groups excluding tert-OH is 1. The van der Waals surface area contributed by atoms with Crippen molar-refractivity contribution in [1.82, 2.24) is 31.6 Å². The normalized spacial score (nSPS) is 13.6. The molecule has 6 atom stereocenters. The highest BCUT2D eigenvalue weighted by atomic mass is 19.4. The highest BCUT2D eigenvalue weighted by Gasteiger charge is 2.40. The van der Waals surface area contributed by atoms with Gasteiger partial charge in [-0.2, -0.15) is 26.3 Å². The number of aliphatic hydroxyl groups is 1. The first-order valence-electron chi connectivity index (χ1n) is 21.4. The molecule has 0 saturated carbocycles. The molecule has 76 heavy (non-hydrogen) atoms. The largest absolute Gasteiger partial charge is 0.433 e. The molecular formula is C42H51F6N21O7. The lowest BCUT2D eigenvalue weighted by Gasteiger charge is -2.32. The molecule has 34 heteroatoms. The number of carbonyl (C=O) groups is 6. The van der Waals surface area contributed by atoms with Gasteiger partial charge in [-0.1, -0.05) is 54.6 Å². The van der Waals surface area contributed by atoms with Crippen molar-refractivity contribution < 1.29 is 60.2 Å². The maximum atomic E-state index is 14.5. The Bertz CT molecular complexity index is 2910. The zero-order chi connectivity index (χ0) is 57.0. The van der Waals surface area contributed by atoms with E-state index in [1.807, 2.05) is 16.0 Å². The number of alkyl halides is 6. The van der Waals surface area contributed by atoms with E-state index in [-0.39, 0.29) is 11.1 Å². The molecule has 1 aromatic heterocycles. The number of pyridine rings is 1. The molecule has 0 radical (unpaired) electrons. The third-order valence-electron chi connectivity index (χ3n) is 9.98. The summed E-state index contributed by atoms with van der Waals surface area (Å²) in [5.74, 6) is -11.9. The van der Waals surface area contributed by atoms with Gasteiger partial charge in [0.1, 0.15) is 11.7 Å². The van der Waals surface area contributed by atoms with Crippen LogP contribution >= 0.6 is 0 Å². The summed E-state index contributed by atoms with van der Waals surface area (Å²) in [7, 11) is 3.40. The summed E-state index contributed by atoms with van der Waals surface area (Å²) in [4.78, 5) is 101. The summed E-state index contributed by atoms with van der Waals surface area (Å²) >= 11 is 0. The number of para-hydroxylation sites is 1. The number of nitrogens with two attached hydrogens (primary N) is 9. The van der Waals surface area contributed by atoms with Gasteiger partial charge in [-0.15, -0.1) is 0 Å². The molecule has 0 aliphatic carbocycles. The van der Waals surface area contributed by atoms with Crippen LogP contribution in [0.4, 0.5) is 37.7 Å². The summed E-state index contributed by atoms with van der Waals surface area (Å²) in [6, 6.07) is 13.6. The number of hydrogen-bond acceptors (Lipinski definition) is 14. The molecule has 4 rings (SSSR count). The first-order chi connectivity index (χ1) is 35.4. The summed E-state index contributed by atoms with van der Waals surface area (Å²) in [5, 5.41) is 21.6. The van der Waals surface area contributed by atoms with Crippen LogP contribution in [0.5, 0.6) is 0 Å². The van der Waals surface area contributed by atoms with Gasteiger partial charge in [-0.05, 0) is 35.4 Å². The molecule has 0 fully saturated rings. The minimum absolute atomic E-state index is 0.0982. The monoisotopic (exact) mass is 1080 g/mol. The van der Waals surface area contributed by atoms with Crippen LogP contribution in [0.25, 0.3) is 10.9 Å². The minimum atomic E-state index is -5.37. The molecule has 4 aromatic rings. The average molecular weight is 1080 g/mol. The standard InChI is InChI=1S/C42H51F6N21O7/c1-68(2)19-13-11-17(12-14-19)16-69(22-15-23(42(46,47)48)58-25-20(22)9-6-10-21(25)41(43,44)45)36(76)35(75)59-24(18-7-4-3-5-8-18)31(71)61-28(65-38(52)53)33(73)63-30(67-40(56)57)34(74)62-29(66-39(54)55)32(72)60-27(26(49)70)64-37(50)51/h3-15,24,27-30,36,76H,16H2,1-2H3,(H2,49,70)(H,59,75)(H,60,72)(H,61,71)(H,62,74)(H,63,73)(H4,50,51,64)(H4,52,53,65)(H4,54,55,66)(H4,56,57,67). The Morgan fingerprint density at radius 3 is 1.47 bits per heavy atom. The highest BCUT2D eigenvalue weighted by molar-refractivity contribution is 6.00. The van der Waals surface area contributed by atoms with E-state index in [9.17, 15) is 60.2 Å². The van der Waals surface area contributed by atoms with Crippen LogP contribution in [0.1, 0.15) is 28.4 Å². The molecular weight excluding hydrogens is 1020 g/mol. The van der Waals surface area contributed by atoms with Crippen molar-refractivity contribution >= 4 is 81.6 Å². The average Bonchev–Trinajstić information content (AvgIpc) is 3.32. The number of carbonyl (C=O) groups excluding carboxylic acids is 6. The number of benzene rings is 3. The number of amides is 6. The highest BCUT2D eigenvalue weighted by Crippen LogP contribution is 2.41. The molecule has 0 saturated heterocycles. The number of rotatable bonds is 21. The number of aromatic nitrogens is 1. The quantitative estimate of drug-likeness (QED) is 0.0163. The molecule has 0 aliphatic heterocycles. The summed E-state index contributed by atoms with van der Waals surface area (Å²) in [6.07, 6.45) is -21.9. The van der Waals surface area contributed by atoms with Gasteiger partial charge in [0.25, 0.3) is 29.5 Å². The summed E-state index contributed by atoms with van der Waals surface area (Å²) in [5.41, 5.74) is 44.1. The zero-order valence-electron chi connectivity index (χ0n) is 39.7. The van der Waals surface area contributed by atoms with E-state index in [1.54, 1.807) is 31.1 Å². The lowest BCUT2D eigenvalue weighted by atomic mass is 10.0. The van der Waals surface area contributed by atoms with E-state index < -0.39 is 143 Å². The van der Waals surface area contributed by atoms with Crippen molar-refractivity contribution in [1.29, 1.82) is 0 Å². The molecule has 0 aliphatic rings. The Hall–Kier alpha value is -9.89. The first kappa shape index (κ1) is 58.7. The third-order valence-corrected chi connectivity index (χ3v) is 9.98. The number of hydrogen-bond donors (Lipinski definition) is 15. The Balaban J connectivity index is 1.76. The molecule has 6 amide bonds. The van der Waals surface area contributed by atoms with Gasteiger partial charge in [0.15, 0.2) is 23.8 Å². The molecule has 1 heterocycles. The van der Waals surface area contributed by atoms with E-state index in [4.69, 9.17) is 51.6 Å². The molecule has 0 bridgehead atoms. The predicted octanol–water partition coefficient (Wildman–Crippen LogP) is -4.13. The molecule has 28 nitrogen and oxygen atoms in total. The second-order valence-corrected chi connectivity index (χ2v) is 15.9. The number of guanidine groups is 4. The van der Waals surface area contributed by atoms with Crippen molar-refractivity contribution in [2.75, 3.05) is 23.9 Å². The van der Waals surface area contributed by atoms with E-state index in [1.165, 1.54) is 42.5 Å². The predicted molar refractivity (Wildman–Crippen MR) is 262 cm³/mol. The van der Waals surface area contributed by atoms with Crippen LogP contribution in [0.3, 0.4) is 0 Å². The van der Waals surface area contributed by atoms with Crippen molar-refractivity contribution in [3.05, 3.63) is 101 Å². The SMILES string of the molecule is CN(C)c1ccc(CN(c2cc(C(F)(F)F)nc3c(C(F)(F)F)cccc23)C(O)C(=O)NC(C(=O)NC(N=C(N)N)C(=O)NC(N=C(N)N)C(=O)NC(N=C(N)N)C(=O)NC(N=C(N)N)C(N)=O)c2ccccc2)cc1. The van der Waals surface area contributed by atoms with Gasteiger partial charge in [-0.25, -0.2) is 25.0 Å². The number of aliphatic imine (C=N–C) groups is 4. The molecule has 3 aromatic carbocycles. The maximum absolute atomic E-state index is 14.5. The van der Waals surface area contributed by atoms with E-state index in [0.29, 0.717) is 22.7 Å². The lowest BCUT2D eigenvalue weighted by Crippen LogP contribution is -2.58. The third kappa shape index (κ3) is 16.1. The van der Waals surface area contributed by atoms with Crippen molar-refractivity contribution in [2.45, 2.75) is 55.8 Å². The number of nitrogens with one attached hydrogen (secondary N) is 5. The van der Waals surface area contributed by atoms with Gasteiger partial charge in [-0.3, -0.25) is 28.8 Å². The van der Waals surface area contributed by atoms with E-state index in [0.717, 1.165) is 12.1 Å². The van der Waals surface area contributed by atoms with Gasteiger partial charge in [0.05, 0.1) is 16.8 Å². The van der Waals surface area contributed by atoms with Crippen LogP contribution in [0.2, 0.25) is 0 Å². The van der Waals surface area contributed by atoms with Gasteiger partial charge in [0.2, 0.25) is 36.8 Å². The van der Waals surface area contributed by atoms with E-state index in [2.05, 4.69) is 35.6 Å². The Kier molecular flexibility index (Phi) is 19.1. The van der Waals surface area contributed by atoms with Crippen LogP contribution in [-0.2, 0) is 47.7 Å². The second kappa shape index (κ2) is 24.7. The first-order valence-corrected chi connectivity index (χ1v) is 21.4. The topological polar surface area (TPSA) is 486 Å². The van der Waals surface area contributed by atoms with Gasteiger partial charge < -0.3 is 93.1 Å². The van der Waals surface area contributed by atoms with Crippen molar-refractivity contribution in [3.63, 3.8) is 0 Å². The fraction of sp³-hybridized carbons (Fsp3) is 0.262. The van der Waals surface area contributed by atoms with Crippen molar-refractivity contribution in [3.8, 4) is 0 Å². The molecule has 0 spiro atoms. The number of anilines is 2. The fourth-order valence-corrected chi connectivity index (χ4v) is 6.64. The number of nitrogens with zero attached hydrogens (tertiary/aromatic N) is 7. The van der Waals surface area contributed by atoms with E-state index >= 15 is 0 Å². The fourth-order valence-electron chi connectivity index (χ4n) is 6.64. The maximum Gasteiger partial charge on any atom is 0.433 e. The molecule has 408 valence electrons. The lowest BCUT2D eigenvalue weighted by molar-refractivity contribution is -0.142. The minimum Gasteiger partial charge on any atom is -0.378 e. The van der Waals surface area contributed by atoms with Crippen LogP contribution in [0, 0.1) is 0 Å². The Labute approximate surface area is 425 Å². The molecule has 24 N–H and O–H groups in total. The van der Waals surface area contributed by atoms with Crippen LogP contribution in [-0.4, -0.2) is 114 Å². The van der Waals surface area contributed by atoms with Crippen LogP contribution in [0.15, 0.2) is 98.8 Å². The smallest absolute Gasteiger partial charge is 0.378 e. The number of fused-ring (bicyclic) bond motifs is 1. The van der Waals surface area contributed by atoms with Crippen molar-refractivity contribution in [2.24, 2.45) is 71.6 Å². The Morgan fingerprint density at radius 1 is 0.579 bits per heavy atom. The molecule has 6 unspecified atom stereocenters. The van der Waals surface area contributed by atoms with Gasteiger partial charge in [0, 0.05) is 31.7 Å². The second-order valence-electron chi connectivity index (χ2n) is 15.9. The number of primary amides is 1. The summed E-state index contributed by atoms with van der Waals surface area (Å²) < 4.78 is 86.4.